The maximum atomic E-state index is 5.41. The van der Waals surface area contributed by atoms with Gasteiger partial charge in [-0.25, -0.2) is 9.98 Å². The second-order valence-corrected chi connectivity index (χ2v) is 7.33. The van der Waals surface area contributed by atoms with E-state index >= 15 is 0 Å². The Morgan fingerprint density at radius 3 is 2.45 bits per heavy atom. The van der Waals surface area contributed by atoms with Crippen LogP contribution in [0.25, 0.3) is 0 Å². The average Bonchev–Trinajstić information content (AvgIpc) is 3.31. The van der Waals surface area contributed by atoms with Crippen molar-refractivity contribution in [1.29, 1.82) is 0 Å². The maximum Gasteiger partial charge on any atom is 0.191 e. The number of guanidine groups is 1. The fourth-order valence-corrected chi connectivity index (χ4v) is 3.01. The lowest BCUT2D eigenvalue weighted by atomic mass is 10.1. The highest BCUT2D eigenvalue weighted by Crippen LogP contribution is 2.11. The number of aromatic nitrogens is 1. The predicted molar refractivity (Wildman–Crippen MR) is 125 cm³/mol. The van der Waals surface area contributed by atoms with E-state index in [4.69, 9.17) is 14.1 Å². The molecule has 2 aromatic heterocycles. The van der Waals surface area contributed by atoms with Gasteiger partial charge in [-0.15, -0.1) is 0 Å². The first kappa shape index (κ1) is 22.2. The summed E-state index contributed by atoms with van der Waals surface area (Å²) in [6.45, 7) is 2.00. The summed E-state index contributed by atoms with van der Waals surface area (Å²) < 4.78 is 10.6. The van der Waals surface area contributed by atoms with E-state index in [9.17, 15) is 0 Å². The van der Waals surface area contributed by atoms with Crippen LogP contribution in [-0.4, -0.2) is 45.2 Å². The lowest BCUT2D eigenvalue weighted by Crippen LogP contribution is -2.39. The summed E-state index contributed by atoms with van der Waals surface area (Å²) in [6.07, 6.45) is 3.37. The molecular weight excluding hydrogens is 390 g/mol. The molecule has 7 nitrogen and oxygen atoms in total. The van der Waals surface area contributed by atoms with Crippen LogP contribution in [0.3, 0.4) is 0 Å². The molecule has 7 heteroatoms. The van der Waals surface area contributed by atoms with E-state index in [-0.39, 0.29) is 0 Å². The molecule has 1 aromatic carbocycles. The smallest absolute Gasteiger partial charge is 0.191 e. The first-order chi connectivity index (χ1) is 15.1. The van der Waals surface area contributed by atoms with Crippen LogP contribution in [0.1, 0.15) is 17.0 Å². The van der Waals surface area contributed by atoms with Gasteiger partial charge in [-0.1, -0.05) is 18.2 Å². The van der Waals surface area contributed by atoms with Gasteiger partial charge < -0.3 is 24.7 Å². The monoisotopic (exact) mass is 421 g/mol. The molecule has 0 amide bonds. The molecule has 0 unspecified atom stereocenters. The molecule has 0 saturated heterocycles. The van der Waals surface area contributed by atoms with Gasteiger partial charge in [-0.2, -0.15) is 0 Å². The van der Waals surface area contributed by atoms with E-state index in [2.05, 4.69) is 27.8 Å². The van der Waals surface area contributed by atoms with Gasteiger partial charge in [0, 0.05) is 33.6 Å². The first-order valence-electron chi connectivity index (χ1n) is 10.4. The molecule has 0 spiro atoms. The third kappa shape index (κ3) is 7.37. The highest BCUT2D eigenvalue weighted by atomic mass is 16.5. The third-order valence-corrected chi connectivity index (χ3v) is 4.76. The number of hydrogen-bond acceptors (Lipinski definition) is 5. The molecule has 0 atom stereocenters. The standard InChI is InChI=1S/C24H31N5O2/c1-29(2)23-8-4-6-20(28-23)18-27-24(26-16-14-22-7-5-17-31-22)25-15-13-19-9-11-21(30-3)12-10-19/h4-12,17H,13-16,18H2,1-3H3,(H2,25,26,27). The van der Waals surface area contributed by atoms with Gasteiger partial charge in [-0.3, -0.25) is 0 Å². The number of hydrogen-bond donors (Lipinski definition) is 2. The van der Waals surface area contributed by atoms with E-state index in [1.165, 1.54) is 5.56 Å². The van der Waals surface area contributed by atoms with E-state index in [1.807, 2.05) is 61.5 Å². The molecular formula is C24H31N5O2. The van der Waals surface area contributed by atoms with Crippen LogP contribution in [0.5, 0.6) is 5.75 Å². The Hall–Kier alpha value is -3.48. The van der Waals surface area contributed by atoms with Gasteiger partial charge in [0.05, 0.1) is 25.6 Å². The van der Waals surface area contributed by atoms with Crippen molar-refractivity contribution in [3.8, 4) is 5.75 Å². The molecule has 2 heterocycles. The first-order valence-corrected chi connectivity index (χ1v) is 10.4. The van der Waals surface area contributed by atoms with Crippen molar-refractivity contribution in [2.45, 2.75) is 19.4 Å². The van der Waals surface area contributed by atoms with Crippen LogP contribution in [-0.2, 0) is 19.4 Å². The van der Waals surface area contributed by atoms with E-state index in [1.54, 1.807) is 13.4 Å². The van der Waals surface area contributed by atoms with Crippen LogP contribution in [0.2, 0.25) is 0 Å². The third-order valence-electron chi connectivity index (χ3n) is 4.76. The molecule has 164 valence electrons. The quantitative estimate of drug-likeness (QED) is 0.387. The number of methoxy groups -OCH3 is 1. The molecule has 0 radical (unpaired) electrons. The Bertz CT molecular complexity index is 937. The fourth-order valence-electron chi connectivity index (χ4n) is 3.01. The number of ether oxygens (including phenoxy) is 1. The summed E-state index contributed by atoms with van der Waals surface area (Å²) in [5.74, 6) is 3.50. The summed E-state index contributed by atoms with van der Waals surface area (Å²) in [5.41, 5.74) is 2.16. The molecule has 0 saturated carbocycles. The Balaban J connectivity index is 1.58. The van der Waals surface area contributed by atoms with Crippen molar-refractivity contribution in [1.82, 2.24) is 15.6 Å². The van der Waals surface area contributed by atoms with Gasteiger partial charge >= 0.3 is 0 Å². The zero-order valence-corrected chi connectivity index (χ0v) is 18.5. The van der Waals surface area contributed by atoms with Crippen LogP contribution >= 0.6 is 0 Å². The number of pyridine rings is 1. The summed E-state index contributed by atoms with van der Waals surface area (Å²) in [4.78, 5) is 11.4. The van der Waals surface area contributed by atoms with E-state index in [0.717, 1.165) is 54.9 Å². The fraction of sp³-hybridized carbons (Fsp3) is 0.333. The number of furan rings is 1. The molecule has 3 rings (SSSR count). The molecule has 31 heavy (non-hydrogen) atoms. The number of nitrogens with zero attached hydrogens (tertiary/aromatic N) is 3. The van der Waals surface area contributed by atoms with Crippen molar-refractivity contribution in [2.75, 3.05) is 39.2 Å². The molecule has 0 bridgehead atoms. The Morgan fingerprint density at radius 2 is 1.77 bits per heavy atom. The maximum absolute atomic E-state index is 5.41. The minimum Gasteiger partial charge on any atom is -0.497 e. The second kappa shape index (κ2) is 11.6. The van der Waals surface area contributed by atoms with Crippen molar-refractivity contribution < 1.29 is 9.15 Å². The van der Waals surface area contributed by atoms with Crippen molar-refractivity contribution in [3.63, 3.8) is 0 Å². The number of rotatable bonds is 10. The molecule has 0 aliphatic carbocycles. The highest BCUT2D eigenvalue weighted by Gasteiger charge is 2.03. The van der Waals surface area contributed by atoms with Crippen molar-refractivity contribution >= 4 is 11.8 Å². The summed E-state index contributed by atoms with van der Waals surface area (Å²) in [6, 6.07) is 18.0. The predicted octanol–water partition coefficient (Wildman–Crippen LogP) is 3.27. The zero-order chi connectivity index (χ0) is 21.9. The topological polar surface area (TPSA) is 74.9 Å². The minimum atomic E-state index is 0.500. The molecule has 0 fully saturated rings. The minimum absolute atomic E-state index is 0.500. The van der Waals surface area contributed by atoms with Crippen molar-refractivity contribution in [2.24, 2.45) is 4.99 Å². The second-order valence-electron chi connectivity index (χ2n) is 7.33. The summed E-state index contributed by atoms with van der Waals surface area (Å²) >= 11 is 0. The molecule has 0 aliphatic rings. The Labute approximate surface area is 184 Å². The molecule has 2 N–H and O–H groups in total. The van der Waals surface area contributed by atoms with Gasteiger partial charge in [0.25, 0.3) is 0 Å². The number of aliphatic imine (C=N–C) groups is 1. The molecule has 0 aliphatic heterocycles. The van der Waals surface area contributed by atoms with Crippen LogP contribution in [0, 0.1) is 0 Å². The van der Waals surface area contributed by atoms with Gasteiger partial charge in [0.2, 0.25) is 0 Å². The van der Waals surface area contributed by atoms with Crippen LogP contribution < -0.4 is 20.3 Å². The zero-order valence-electron chi connectivity index (χ0n) is 18.5. The van der Waals surface area contributed by atoms with Crippen LogP contribution in [0.4, 0.5) is 5.82 Å². The summed E-state index contributed by atoms with van der Waals surface area (Å²) in [7, 11) is 5.65. The molecule has 3 aromatic rings. The lowest BCUT2D eigenvalue weighted by molar-refractivity contribution is 0.414. The van der Waals surface area contributed by atoms with Crippen LogP contribution in [0.15, 0.2) is 70.3 Å². The van der Waals surface area contributed by atoms with Crippen molar-refractivity contribution in [3.05, 3.63) is 77.9 Å². The average molecular weight is 422 g/mol. The Morgan fingerprint density at radius 1 is 1.00 bits per heavy atom. The SMILES string of the molecule is COc1ccc(CCNC(=NCc2cccc(N(C)C)n2)NCCc2ccco2)cc1. The largest absolute Gasteiger partial charge is 0.497 e. The number of nitrogens with one attached hydrogen (secondary N) is 2. The van der Waals surface area contributed by atoms with Gasteiger partial charge in [0.15, 0.2) is 5.96 Å². The van der Waals surface area contributed by atoms with Gasteiger partial charge in [0.1, 0.15) is 17.3 Å². The lowest BCUT2D eigenvalue weighted by Gasteiger charge is -2.14. The number of anilines is 1. The summed E-state index contributed by atoms with van der Waals surface area (Å²) in [5, 5.41) is 6.81. The Kier molecular flexibility index (Phi) is 8.34. The van der Waals surface area contributed by atoms with Gasteiger partial charge in [-0.05, 0) is 48.4 Å². The number of benzene rings is 1. The highest BCUT2D eigenvalue weighted by molar-refractivity contribution is 5.79. The van der Waals surface area contributed by atoms with E-state index in [0.29, 0.717) is 6.54 Å². The van der Waals surface area contributed by atoms with E-state index < -0.39 is 0 Å². The normalized spacial score (nSPS) is 11.3.